The first-order chi connectivity index (χ1) is 12.3. The first-order valence-electron chi connectivity index (χ1n) is 7.33. The van der Waals surface area contributed by atoms with Crippen LogP contribution in [0.1, 0.15) is 0 Å². The molecule has 26 heavy (non-hydrogen) atoms. The lowest BCUT2D eigenvalue weighted by atomic mass is 10.2. The van der Waals surface area contributed by atoms with Crippen LogP contribution in [0.3, 0.4) is 0 Å². The highest BCUT2D eigenvalue weighted by Gasteiger charge is 2.16. The van der Waals surface area contributed by atoms with E-state index < -0.39 is 16.4 Å². The number of carbonyl (C=O) groups excluding carboxylic acids is 1. The van der Waals surface area contributed by atoms with Crippen LogP contribution in [0, 0.1) is 15.9 Å². The SMILES string of the molecule is Cn1c(SCC(=O)Nc2ccc(F)c([N+](=O)[O-])c2)nc2cc(Cl)ccc21. The Morgan fingerprint density at radius 3 is 2.88 bits per heavy atom. The van der Waals surface area contributed by atoms with Gasteiger partial charge in [0.2, 0.25) is 11.7 Å². The molecule has 7 nitrogen and oxygen atoms in total. The van der Waals surface area contributed by atoms with Crippen LogP contribution in [0.15, 0.2) is 41.6 Å². The summed E-state index contributed by atoms with van der Waals surface area (Å²) in [5, 5.41) is 14.5. The molecule has 0 unspecified atom stereocenters. The van der Waals surface area contributed by atoms with Gasteiger partial charge in [-0.25, -0.2) is 4.98 Å². The van der Waals surface area contributed by atoms with E-state index in [2.05, 4.69) is 10.3 Å². The van der Waals surface area contributed by atoms with Crippen molar-refractivity contribution in [1.29, 1.82) is 0 Å². The second-order valence-electron chi connectivity index (χ2n) is 5.35. The van der Waals surface area contributed by atoms with Gasteiger partial charge in [0.05, 0.1) is 21.7 Å². The summed E-state index contributed by atoms with van der Waals surface area (Å²) in [7, 11) is 1.83. The number of aryl methyl sites for hydroxylation is 1. The van der Waals surface area contributed by atoms with Crippen molar-refractivity contribution in [2.45, 2.75) is 5.16 Å². The molecule has 0 aliphatic rings. The Labute approximate surface area is 156 Å². The molecule has 0 bridgehead atoms. The molecule has 1 N–H and O–H groups in total. The van der Waals surface area contributed by atoms with Crippen molar-refractivity contribution in [1.82, 2.24) is 9.55 Å². The van der Waals surface area contributed by atoms with Crippen molar-refractivity contribution < 1.29 is 14.1 Å². The molecule has 1 amide bonds. The van der Waals surface area contributed by atoms with E-state index in [9.17, 15) is 19.3 Å². The van der Waals surface area contributed by atoms with Gasteiger partial charge in [-0.1, -0.05) is 23.4 Å². The van der Waals surface area contributed by atoms with E-state index >= 15 is 0 Å². The molecule has 3 rings (SSSR count). The van der Waals surface area contributed by atoms with Crippen molar-refractivity contribution in [2.75, 3.05) is 11.1 Å². The Hall–Kier alpha value is -2.65. The van der Waals surface area contributed by atoms with Crippen LogP contribution >= 0.6 is 23.4 Å². The minimum Gasteiger partial charge on any atom is -0.325 e. The van der Waals surface area contributed by atoms with Crippen molar-refractivity contribution in [3.63, 3.8) is 0 Å². The van der Waals surface area contributed by atoms with Crippen molar-refractivity contribution in [3.05, 3.63) is 57.4 Å². The number of nitro groups is 1. The molecule has 0 spiro atoms. The smallest absolute Gasteiger partial charge is 0.306 e. The number of benzene rings is 2. The molecule has 3 aromatic rings. The van der Waals surface area contributed by atoms with Crippen LogP contribution in [0.5, 0.6) is 0 Å². The maximum Gasteiger partial charge on any atom is 0.306 e. The van der Waals surface area contributed by atoms with Gasteiger partial charge in [0, 0.05) is 23.8 Å². The number of carbonyl (C=O) groups is 1. The fraction of sp³-hybridized carbons (Fsp3) is 0.125. The topological polar surface area (TPSA) is 90.1 Å². The molecule has 0 saturated carbocycles. The number of hydrogen-bond acceptors (Lipinski definition) is 5. The number of fused-ring (bicyclic) bond motifs is 1. The van der Waals surface area contributed by atoms with E-state index in [-0.39, 0.29) is 17.3 Å². The Morgan fingerprint density at radius 1 is 1.38 bits per heavy atom. The van der Waals surface area contributed by atoms with Crippen LogP contribution in [-0.2, 0) is 11.8 Å². The van der Waals surface area contributed by atoms with Crippen LogP contribution in [-0.4, -0.2) is 26.1 Å². The van der Waals surface area contributed by atoms with Gasteiger partial charge in [-0.05, 0) is 30.3 Å². The number of nitrogens with one attached hydrogen (secondary N) is 1. The lowest BCUT2D eigenvalue weighted by Gasteiger charge is -2.05. The molecule has 1 aromatic heterocycles. The summed E-state index contributed by atoms with van der Waals surface area (Å²) in [6.45, 7) is 0. The van der Waals surface area contributed by atoms with Gasteiger partial charge < -0.3 is 9.88 Å². The fourth-order valence-corrected chi connectivity index (χ4v) is 3.29. The predicted octanol–water partition coefficient (Wildman–Crippen LogP) is 4.00. The standard InChI is InChI=1S/C16H12ClFN4O3S/c1-21-13-5-2-9(17)6-12(13)20-16(21)26-8-15(23)19-10-3-4-11(18)14(7-10)22(24)25/h2-7H,8H2,1H3,(H,19,23). The third-order valence-corrected chi connectivity index (χ3v) is 4.83. The highest BCUT2D eigenvalue weighted by molar-refractivity contribution is 7.99. The lowest BCUT2D eigenvalue weighted by Crippen LogP contribution is -2.14. The minimum absolute atomic E-state index is 0.0378. The number of nitro benzene ring substituents is 1. The van der Waals surface area contributed by atoms with Crippen LogP contribution in [0.25, 0.3) is 11.0 Å². The number of nitrogens with zero attached hydrogens (tertiary/aromatic N) is 3. The second-order valence-corrected chi connectivity index (χ2v) is 6.73. The zero-order chi connectivity index (χ0) is 18.8. The molecule has 1 heterocycles. The Balaban J connectivity index is 1.69. The van der Waals surface area contributed by atoms with Crippen molar-refractivity contribution in [2.24, 2.45) is 7.05 Å². The number of halogens is 2. The van der Waals surface area contributed by atoms with Gasteiger partial charge in [0.1, 0.15) is 0 Å². The predicted molar refractivity (Wildman–Crippen MR) is 98.1 cm³/mol. The number of aromatic nitrogens is 2. The maximum atomic E-state index is 13.3. The van der Waals surface area contributed by atoms with E-state index in [1.54, 1.807) is 12.1 Å². The van der Waals surface area contributed by atoms with E-state index in [0.29, 0.717) is 10.2 Å². The van der Waals surface area contributed by atoms with Gasteiger partial charge in [-0.3, -0.25) is 14.9 Å². The molecule has 0 saturated heterocycles. The number of imidazole rings is 1. The average Bonchev–Trinajstić information content (AvgIpc) is 2.89. The monoisotopic (exact) mass is 394 g/mol. The van der Waals surface area contributed by atoms with Gasteiger partial charge in [0.15, 0.2) is 5.16 Å². The number of hydrogen-bond donors (Lipinski definition) is 1. The van der Waals surface area contributed by atoms with Crippen LogP contribution in [0.2, 0.25) is 5.02 Å². The van der Waals surface area contributed by atoms with Gasteiger partial charge in [-0.15, -0.1) is 0 Å². The van der Waals surface area contributed by atoms with E-state index in [1.807, 2.05) is 17.7 Å². The maximum absolute atomic E-state index is 13.3. The van der Waals surface area contributed by atoms with Crippen molar-refractivity contribution in [3.8, 4) is 0 Å². The molecular formula is C16H12ClFN4O3S. The van der Waals surface area contributed by atoms with E-state index in [0.717, 1.165) is 23.2 Å². The summed E-state index contributed by atoms with van der Waals surface area (Å²) in [5.74, 6) is -1.31. The summed E-state index contributed by atoms with van der Waals surface area (Å²) < 4.78 is 15.2. The van der Waals surface area contributed by atoms with Gasteiger partial charge in [0.25, 0.3) is 0 Å². The average molecular weight is 395 g/mol. The fourth-order valence-electron chi connectivity index (χ4n) is 2.34. The highest BCUT2D eigenvalue weighted by Crippen LogP contribution is 2.26. The molecular weight excluding hydrogens is 383 g/mol. The first kappa shape index (κ1) is 18.2. The molecule has 0 aliphatic heterocycles. The molecule has 0 radical (unpaired) electrons. The lowest BCUT2D eigenvalue weighted by molar-refractivity contribution is -0.387. The van der Waals surface area contributed by atoms with Gasteiger partial charge in [-0.2, -0.15) is 4.39 Å². The number of thioether (sulfide) groups is 1. The third-order valence-electron chi connectivity index (χ3n) is 3.56. The zero-order valence-electron chi connectivity index (χ0n) is 13.4. The number of rotatable bonds is 5. The minimum atomic E-state index is -0.958. The summed E-state index contributed by atoms with van der Waals surface area (Å²) >= 11 is 7.16. The number of amides is 1. The molecule has 0 fully saturated rings. The quantitative estimate of drug-likeness (QED) is 0.401. The van der Waals surface area contributed by atoms with E-state index in [1.165, 1.54) is 17.8 Å². The molecule has 2 aromatic carbocycles. The third kappa shape index (κ3) is 3.78. The first-order valence-corrected chi connectivity index (χ1v) is 8.70. The molecule has 0 aliphatic carbocycles. The summed E-state index contributed by atoms with van der Waals surface area (Å²) in [6.07, 6.45) is 0. The summed E-state index contributed by atoms with van der Waals surface area (Å²) in [5.41, 5.74) is 1.06. The Morgan fingerprint density at radius 2 is 2.15 bits per heavy atom. The molecule has 134 valence electrons. The zero-order valence-corrected chi connectivity index (χ0v) is 15.0. The van der Waals surface area contributed by atoms with E-state index in [4.69, 9.17) is 11.6 Å². The second kappa shape index (κ2) is 7.30. The summed E-state index contributed by atoms with van der Waals surface area (Å²) in [6, 6.07) is 8.52. The van der Waals surface area contributed by atoms with Crippen molar-refractivity contribution >= 4 is 51.7 Å². The molecule has 0 atom stereocenters. The van der Waals surface area contributed by atoms with Crippen LogP contribution in [0.4, 0.5) is 15.8 Å². The summed E-state index contributed by atoms with van der Waals surface area (Å²) in [4.78, 5) is 26.4. The Kier molecular flexibility index (Phi) is 5.10. The largest absolute Gasteiger partial charge is 0.325 e. The Bertz CT molecular complexity index is 1020. The number of anilines is 1. The highest BCUT2D eigenvalue weighted by atomic mass is 35.5. The molecule has 10 heteroatoms. The van der Waals surface area contributed by atoms with Crippen LogP contribution < -0.4 is 5.32 Å². The normalized spacial score (nSPS) is 10.9. The van der Waals surface area contributed by atoms with Gasteiger partial charge >= 0.3 is 5.69 Å².